The van der Waals surface area contributed by atoms with Crippen molar-refractivity contribution in [2.75, 3.05) is 32.8 Å². The molecule has 0 spiro atoms. The quantitative estimate of drug-likeness (QED) is 0.772. The molecule has 2 aromatic rings. The molecule has 0 radical (unpaired) electrons. The lowest BCUT2D eigenvalue weighted by Gasteiger charge is -2.27. The lowest BCUT2D eigenvalue weighted by Crippen LogP contribution is -2.34. The first kappa shape index (κ1) is 17.8. The van der Waals surface area contributed by atoms with E-state index in [2.05, 4.69) is 4.98 Å². The Kier molecular flexibility index (Phi) is 5.41. The van der Waals surface area contributed by atoms with Gasteiger partial charge in [0.05, 0.1) is 32.7 Å². The Balaban J connectivity index is 1.85. The van der Waals surface area contributed by atoms with Crippen LogP contribution in [0.4, 0.5) is 5.69 Å². The minimum absolute atomic E-state index is 0.0762. The summed E-state index contributed by atoms with van der Waals surface area (Å²) in [7, 11) is 4.68. The molecule has 1 amide bonds. The molecule has 0 atom stereocenters. The van der Waals surface area contributed by atoms with Crippen molar-refractivity contribution in [2.24, 2.45) is 0 Å². The van der Waals surface area contributed by atoms with E-state index in [9.17, 15) is 4.79 Å². The van der Waals surface area contributed by atoms with E-state index in [1.165, 1.54) is 0 Å². The largest absolute Gasteiger partial charge is 0.493 e. The topological polar surface area (TPSA) is 60.9 Å². The number of carbonyl (C=O) groups excluding carboxylic acids is 1. The van der Waals surface area contributed by atoms with Gasteiger partial charge < -0.3 is 19.1 Å². The molecule has 26 heavy (non-hydrogen) atoms. The van der Waals surface area contributed by atoms with E-state index in [-0.39, 0.29) is 5.91 Å². The third kappa shape index (κ3) is 3.49. The Bertz CT molecular complexity index is 807. The normalized spacial score (nSPS) is 13.4. The monoisotopic (exact) mass is 354 g/mol. The fourth-order valence-corrected chi connectivity index (χ4v) is 3.08. The Morgan fingerprint density at radius 1 is 1.15 bits per heavy atom. The molecule has 0 bridgehead atoms. The molecule has 6 heteroatoms. The standard InChI is InChI=1S/C20H22N2O4/c1-24-17-12-14(13-18(25-2)20(17)26-3)8-9-19(23)22-11-5-6-15-16(22)7-4-10-21-15/h4,7-10,12-13H,5-6,11H2,1-3H3. The van der Waals surface area contributed by atoms with Gasteiger partial charge in [0, 0.05) is 18.8 Å². The van der Waals surface area contributed by atoms with Crippen LogP contribution in [0, 0.1) is 0 Å². The molecule has 1 aromatic carbocycles. The number of ether oxygens (including phenoxy) is 3. The van der Waals surface area contributed by atoms with Crippen molar-refractivity contribution >= 4 is 17.7 Å². The van der Waals surface area contributed by atoms with E-state index in [1.807, 2.05) is 12.1 Å². The minimum Gasteiger partial charge on any atom is -0.493 e. The summed E-state index contributed by atoms with van der Waals surface area (Å²) in [5.41, 5.74) is 2.64. The lowest BCUT2D eigenvalue weighted by molar-refractivity contribution is -0.114. The van der Waals surface area contributed by atoms with E-state index < -0.39 is 0 Å². The molecule has 0 N–H and O–H groups in total. The number of hydrogen-bond acceptors (Lipinski definition) is 5. The molecule has 2 heterocycles. The van der Waals surface area contributed by atoms with E-state index in [0.717, 1.165) is 29.8 Å². The zero-order valence-corrected chi connectivity index (χ0v) is 15.2. The van der Waals surface area contributed by atoms with Crippen LogP contribution in [0.1, 0.15) is 17.7 Å². The molecule has 3 rings (SSSR count). The van der Waals surface area contributed by atoms with Gasteiger partial charge >= 0.3 is 0 Å². The molecular weight excluding hydrogens is 332 g/mol. The molecular formula is C20H22N2O4. The predicted molar refractivity (Wildman–Crippen MR) is 100 cm³/mol. The number of rotatable bonds is 5. The average molecular weight is 354 g/mol. The summed E-state index contributed by atoms with van der Waals surface area (Å²) in [6.45, 7) is 0.692. The van der Waals surface area contributed by atoms with Crippen LogP contribution in [0.15, 0.2) is 36.5 Å². The number of pyridine rings is 1. The van der Waals surface area contributed by atoms with Crippen LogP contribution >= 0.6 is 0 Å². The second kappa shape index (κ2) is 7.91. The van der Waals surface area contributed by atoms with Gasteiger partial charge in [-0.05, 0) is 48.7 Å². The van der Waals surface area contributed by atoms with E-state index in [1.54, 1.807) is 56.7 Å². The van der Waals surface area contributed by atoms with Gasteiger partial charge in [-0.25, -0.2) is 0 Å². The number of hydrogen-bond donors (Lipinski definition) is 0. The molecule has 136 valence electrons. The lowest BCUT2D eigenvalue weighted by atomic mass is 10.1. The highest BCUT2D eigenvalue weighted by molar-refractivity contribution is 6.04. The summed E-state index contributed by atoms with van der Waals surface area (Å²) in [5.74, 6) is 1.54. The summed E-state index contributed by atoms with van der Waals surface area (Å²) in [6.07, 6.45) is 6.88. The highest BCUT2D eigenvalue weighted by atomic mass is 16.5. The van der Waals surface area contributed by atoms with E-state index in [0.29, 0.717) is 23.8 Å². The van der Waals surface area contributed by atoms with Gasteiger partial charge in [0.15, 0.2) is 11.5 Å². The molecule has 0 fully saturated rings. The van der Waals surface area contributed by atoms with Crippen LogP contribution in [-0.2, 0) is 11.2 Å². The molecule has 6 nitrogen and oxygen atoms in total. The maximum Gasteiger partial charge on any atom is 0.251 e. The van der Waals surface area contributed by atoms with Crippen LogP contribution in [0.2, 0.25) is 0 Å². The van der Waals surface area contributed by atoms with Gasteiger partial charge in [0.25, 0.3) is 5.91 Å². The molecule has 1 aliphatic rings. The number of carbonyl (C=O) groups is 1. The number of benzene rings is 1. The van der Waals surface area contributed by atoms with Crippen molar-refractivity contribution in [1.82, 2.24) is 4.98 Å². The van der Waals surface area contributed by atoms with Gasteiger partial charge in [-0.15, -0.1) is 0 Å². The molecule has 0 saturated carbocycles. The second-order valence-corrected chi connectivity index (χ2v) is 5.85. The Morgan fingerprint density at radius 3 is 2.54 bits per heavy atom. The van der Waals surface area contributed by atoms with Crippen LogP contribution in [0.3, 0.4) is 0 Å². The number of methoxy groups -OCH3 is 3. The second-order valence-electron chi connectivity index (χ2n) is 5.85. The maximum absolute atomic E-state index is 12.7. The Morgan fingerprint density at radius 2 is 1.88 bits per heavy atom. The summed E-state index contributed by atoms with van der Waals surface area (Å²) < 4.78 is 16.0. The number of aryl methyl sites for hydroxylation is 1. The zero-order chi connectivity index (χ0) is 18.5. The smallest absolute Gasteiger partial charge is 0.251 e. The van der Waals surface area contributed by atoms with Crippen LogP contribution in [0.5, 0.6) is 17.2 Å². The number of fused-ring (bicyclic) bond motifs is 1. The first-order valence-electron chi connectivity index (χ1n) is 8.41. The van der Waals surface area contributed by atoms with Gasteiger partial charge in [-0.3, -0.25) is 9.78 Å². The SMILES string of the molecule is COc1cc(C=CC(=O)N2CCCc3ncccc32)cc(OC)c1OC. The number of nitrogens with zero attached hydrogens (tertiary/aromatic N) is 2. The first-order chi connectivity index (χ1) is 12.7. The average Bonchev–Trinajstić information content (AvgIpc) is 2.70. The van der Waals surface area contributed by atoms with Crippen LogP contribution < -0.4 is 19.1 Å². The van der Waals surface area contributed by atoms with Crippen molar-refractivity contribution < 1.29 is 19.0 Å². The molecule has 0 saturated heterocycles. The van der Waals surface area contributed by atoms with Gasteiger partial charge in [0.1, 0.15) is 0 Å². The molecule has 0 unspecified atom stereocenters. The van der Waals surface area contributed by atoms with Crippen LogP contribution in [-0.4, -0.2) is 38.8 Å². The van der Waals surface area contributed by atoms with Gasteiger partial charge in [0.2, 0.25) is 5.75 Å². The summed E-state index contributed by atoms with van der Waals surface area (Å²) in [5, 5.41) is 0. The molecule has 0 aliphatic carbocycles. The number of anilines is 1. The van der Waals surface area contributed by atoms with E-state index >= 15 is 0 Å². The highest BCUT2D eigenvalue weighted by Crippen LogP contribution is 2.38. The van der Waals surface area contributed by atoms with Crippen molar-refractivity contribution in [3.8, 4) is 17.2 Å². The fourth-order valence-electron chi connectivity index (χ4n) is 3.08. The summed E-state index contributed by atoms with van der Waals surface area (Å²) >= 11 is 0. The predicted octanol–water partition coefficient (Wildman–Crippen LogP) is 3.10. The maximum atomic E-state index is 12.7. The Labute approximate surface area is 153 Å². The van der Waals surface area contributed by atoms with Crippen LogP contribution in [0.25, 0.3) is 6.08 Å². The van der Waals surface area contributed by atoms with Gasteiger partial charge in [-0.1, -0.05) is 0 Å². The third-order valence-electron chi connectivity index (χ3n) is 4.32. The van der Waals surface area contributed by atoms with E-state index in [4.69, 9.17) is 14.2 Å². The third-order valence-corrected chi connectivity index (χ3v) is 4.32. The molecule has 1 aliphatic heterocycles. The van der Waals surface area contributed by atoms with Crippen molar-refractivity contribution in [2.45, 2.75) is 12.8 Å². The first-order valence-corrected chi connectivity index (χ1v) is 8.41. The summed E-state index contributed by atoms with van der Waals surface area (Å²) in [4.78, 5) is 18.8. The summed E-state index contributed by atoms with van der Waals surface area (Å²) in [6, 6.07) is 7.40. The fraction of sp³-hybridized carbons (Fsp3) is 0.300. The minimum atomic E-state index is -0.0762. The zero-order valence-electron chi connectivity index (χ0n) is 15.2. The number of amides is 1. The Hall–Kier alpha value is -3.02. The highest BCUT2D eigenvalue weighted by Gasteiger charge is 2.21. The van der Waals surface area contributed by atoms with Crippen molar-refractivity contribution in [3.05, 3.63) is 47.8 Å². The van der Waals surface area contributed by atoms with Crippen molar-refractivity contribution in [3.63, 3.8) is 0 Å². The van der Waals surface area contributed by atoms with Crippen molar-refractivity contribution in [1.29, 1.82) is 0 Å². The molecule has 1 aromatic heterocycles. The van der Waals surface area contributed by atoms with Gasteiger partial charge in [-0.2, -0.15) is 0 Å². The number of aromatic nitrogens is 1.